The molecule has 2 aromatic carbocycles. The Balaban J connectivity index is 1.30. The molecule has 10 nitrogen and oxygen atoms in total. The van der Waals surface area contributed by atoms with Crippen molar-refractivity contribution >= 4 is 34.3 Å². The SMILES string of the molecule is CC1(c2ccc3ccccc3c2)NC(=O)N(CC(=O)Nc2ccc(-n3cncn3)nc2)C1=O. The lowest BCUT2D eigenvalue weighted by molar-refractivity contribution is -0.133. The van der Waals surface area contributed by atoms with Gasteiger partial charge in [-0.15, -0.1) is 0 Å². The van der Waals surface area contributed by atoms with Gasteiger partial charge in [0.15, 0.2) is 5.82 Å². The van der Waals surface area contributed by atoms with Crippen LogP contribution in [0.4, 0.5) is 10.5 Å². The molecule has 2 N–H and O–H groups in total. The van der Waals surface area contributed by atoms with Gasteiger partial charge in [0.25, 0.3) is 5.91 Å². The van der Waals surface area contributed by atoms with E-state index in [1.165, 1.54) is 23.5 Å². The number of amides is 4. The fraction of sp³-hybridized carbons (Fsp3) is 0.130. The average Bonchev–Trinajstić information content (AvgIpc) is 3.43. The summed E-state index contributed by atoms with van der Waals surface area (Å²) in [4.78, 5) is 47.3. The summed E-state index contributed by atoms with van der Waals surface area (Å²) in [6, 6.07) is 16.0. The predicted octanol–water partition coefficient (Wildman–Crippen LogP) is 2.22. The third kappa shape index (κ3) is 3.67. The van der Waals surface area contributed by atoms with Gasteiger partial charge in [-0.3, -0.25) is 14.5 Å². The zero-order valence-electron chi connectivity index (χ0n) is 17.6. The van der Waals surface area contributed by atoms with E-state index in [4.69, 9.17) is 0 Å². The number of rotatable bonds is 5. The van der Waals surface area contributed by atoms with Crippen LogP contribution in [0.2, 0.25) is 0 Å². The average molecular weight is 441 g/mol. The van der Waals surface area contributed by atoms with Crippen molar-refractivity contribution in [1.82, 2.24) is 30.0 Å². The predicted molar refractivity (Wildman–Crippen MR) is 119 cm³/mol. The lowest BCUT2D eigenvalue weighted by Gasteiger charge is -2.22. The molecule has 33 heavy (non-hydrogen) atoms. The van der Waals surface area contributed by atoms with Gasteiger partial charge in [-0.1, -0.05) is 36.4 Å². The van der Waals surface area contributed by atoms with E-state index in [-0.39, 0.29) is 0 Å². The van der Waals surface area contributed by atoms with Crippen LogP contribution in [-0.4, -0.2) is 49.0 Å². The molecular formula is C23H19N7O3. The number of nitrogens with one attached hydrogen (secondary N) is 2. The Hall–Kier alpha value is -4.60. The second kappa shape index (κ2) is 7.83. The molecule has 4 aromatic rings. The highest BCUT2D eigenvalue weighted by Gasteiger charge is 2.49. The van der Waals surface area contributed by atoms with E-state index in [2.05, 4.69) is 25.7 Å². The Morgan fingerprint density at radius 1 is 1.09 bits per heavy atom. The molecule has 0 bridgehead atoms. The maximum absolute atomic E-state index is 13.2. The molecule has 1 aliphatic rings. The van der Waals surface area contributed by atoms with E-state index >= 15 is 0 Å². The van der Waals surface area contributed by atoms with Gasteiger partial charge in [-0.25, -0.2) is 19.4 Å². The normalized spacial score (nSPS) is 17.9. The van der Waals surface area contributed by atoms with Crippen LogP contribution in [0.15, 0.2) is 73.4 Å². The molecule has 10 heteroatoms. The summed E-state index contributed by atoms with van der Waals surface area (Å²) in [7, 11) is 0. The number of nitrogens with zero attached hydrogens (tertiary/aromatic N) is 5. The molecule has 1 aliphatic heterocycles. The van der Waals surface area contributed by atoms with E-state index in [0.29, 0.717) is 17.1 Å². The van der Waals surface area contributed by atoms with Crippen LogP contribution in [0, 0.1) is 0 Å². The van der Waals surface area contributed by atoms with Crippen molar-refractivity contribution in [3.63, 3.8) is 0 Å². The van der Waals surface area contributed by atoms with Crippen LogP contribution in [0.1, 0.15) is 12.5 Å². The Labute approximate surface area is 188 Å². The molecule has 1 saturated heterocycles. The molecule has 2 aromatic heterocycles. The zero-order chi connectivity index (χ0) is 23.0. The number of anilines is 1. The summed E-state index contributed by atoms with van der Waals surface area (Å²) in [6.45, 7) is 1.22. The fourth-order valence-corrected chi connectivity index (χ4v) is 3.80. The number of urea groups is 1. The largest absolute Gasteiger partial charge is 0.325 e. The number of carbonyl (C=O) groups excluding carboxylic acids is 3. The van der Waals surface area contributed by atoms with Crippen LogP contribution in [0.3, 0.4) is 0 Å². The monoisotopic (exact) mass is 441 g/mol. The van der Waals surface area contributed by atoms with Crippen molar-refractivity contribution < 1.29 is 14.4 Å². The van der Waals surface area contributed by atoms with Crippen LogP contribution in [0.25, 0.3) is 16.6 Å². The molecule has 1 fully saturated rings. The van der Waals surface area contributed by atoms with Gasteiger partial charge in [-0.2, -0.15) is 5.10 Å². The van der Waals surface area contributed by atoms with Crippen molar-refractivity contribution in [2.24, 2.45) is 0 Å². The van der Waals surface area contributed by atoms with Crippen molar-refractivity contribution in [3.05, 3.63) is 79.0 Å². The number of carbonyl (C=O) groups is 3. The lowest BCUT2D eigenvalue weighted by atomic mass is 9.90. The Morgan fingerprint density at radius 2 is 1.91 bits per heavy atom. The molecule has 0 spiro atoms. The fourth-order valence-electron chi connectivity index (χ4n) is 3.80. The number of benzene rings is 2. The number of fused-ring (bicyclic) bond motifs is 1. The molecule has 164 valence electrons. The van der Waals surface area contributed by atoms with Crippen LogP contribution in [0.5, 0.6) is 0 Å². The molecule has 4 amide bonds. The molecular weight excluding hydrogens is 422 g/mol. The standard InChI is InChI=1S/C23H19N7O3/c1-23(17-7-6-15-4-2-3-5-16(15)10-17)21(32)29(22(33)28-23)12-20(31)27-18-8-9-19(25-11-18)30-14-24-13-26-30/h2-11,13-14H,12H2,1H3,(H,27,31)(H,28,33). The van der Waals surface area contributed by atoms with Gasteiger partial charge in [0.1, 0.15) is 24.7 Å². The molecule has 0 radical (unpaired) electrons. The minimum Gasteiger partial charge on any atom is -0.323 e. The second-order valence-corrected chi connectivity index (χ2v) is 7.80. The summed E-state index contributed by atoms with van der Waals surface area (Å²) in [5.41, 5.74) is -0.189. The molecule has 0 aliphatic carbocycles. The number of imide groups is 1. The van der Waals surface area contributed by atoms with Crippen molar-refractivity contribution in [3.8, 4) is 5.82 Å². The first-order valence-electron chi connectivity index (χ1n) is 10.2. The van der Waals surface area contributed by atoms with Gasteiger partial charge >= 0.3 is 6.03 Å². The van der Waals surface area contributed by atoms with Crippen molar-refractivity contribution in [1.29, 1.82) is 0 Å². The molecule has 5 rings (SSSR count). The van der Waals surface area contributed by atoms with Crippen molar-refractivity contribution in [2.45, 2.75) is 12.5 Å². The highest BCUT2D eigenvalue weighted by atomic mass is 16.2. The Morgan fingerprint density at radius 3 is 2.64 bits per heavy atom. The van der Waals surface area contributed by atoms with E-state index in [9.17, 15) is 14.4 Å². The van der Waals surface area contributed by atoms with Crippen LogP contribution >= 0.6 is 0 Å². The number of aromatic nitrogens is 4. The lowest BCUT2D eigenvalue weighted by Crippen LogP contribution is -2.42. The van der Waals surface area contributed by atoms with Crippen molar-refractivity contribution in [2.75, 3.05) is 11.9 Å². The zero-order valence-corrected chi connectivity index (χ0v) is 17.6. The highest BCUT2D eigenvalue weighted by molar-refractivity contribution is 6.10. The molecule has 3 heterocycles. The van der Waals surface area contributed by atoms with Crippen LogP contribution < -0.4 is 10.6 Å². The smallest absolute Gasteiger partial charge is 0.323 e. The van der Waals surface area contributed by atoms with Gasteiger partial charge in [-0.05, 0) is 41.5 Å². The van der Waals surface area contributed by atoms with E-state index < -0.39 is 29.9 Å². The number of hydrogen-bond donors (Lipinski definition) is 2. The van der Waals surface area contributed by atoms with Gasteiger partial charge in [0.05, 0.1) is 11.9 Å². The third-order valence-corrected chi connectivity index (χ3v) is 5.59. The van der Waals surface area contributed by atoms with Gasteiger partial charge < -0.3 is 10.6 Å². The highest BCUT2D eigenvalue weighted by Crippen LogP contribution is 2.31. The van der Waals surface area contributed by atoms with Crippen LogP contribution in [-0.2, 0) is 15.1 Å². The Kier molecular flexibility index (Phi) is 4.82. The summed E-state index contributed by atoms with van der Waals surface area (Å²) in [5.74, 6) is -0.472. The summed E-state index contributed by atoms with van der Waals surface area (Å²) in [6.07, 6.45) is 4.35. The van der Waals surface area contributed by atoms with E-state index in [0.717, 1.165) is 15.7 Å². The maximum Gasteiger partial charge on any atom is 0.325 e. The Bertz CT molecular complexity index is 1370. The summed E-state index contributed by atoms with van der Waals surface area (Å²) >= 11 is 0. The van der Waals surface area contributed by atoms with E-state index in [1.54, 1.807) is 19.1 Å². The van der Waals surface area contributed by atoms with E-state index in [1.807, 2.05) is 42.5 Å². The number of hydrogen-bond acceptors (Lipinski definition) is 6. The number of pyridine rings is 1. The molecule has 0 saturated carbocycles. The molecule has 1 atom stereocenters. The first-order valence-corrected chi connectivity index (χ1v) is 10.2. The minimum atomic E-state index is -1.26. The molecule has 1 unspecified atom stereocenters. The quantitative estimate of drug-likeness (QED) is 0.458. The minimum absolute atomic E-state index is 0.418. The summed E-state index contributed by atoms with van der Waals surface area (Å²) < 4.78 is 1.48. The third-order valence-electron chi connectivity index (χ3n) is 5.59. The van der Waals surface area contributed by atoms with Gasteiger partial charge in [0.2, 0.25) is 5.91 Å². The first kappa shape index (κ1) is 20.3. The van der Waals surface area contributed by atoms with Gasteiger partial charge in [0, 0.05) is 0 Å². The first-order chi connectivity index (χ1) is 15.9. The second-order valence-electron chi connectivity index (χ2n) is 7.80. The topological polar surface area (TPSA) is 122 Å². The summed E-state index contributed by atoms with van der Waals surface area (Å²) in [5, 5.41) is 11.4. The maximum atomic E-state index is 13.2.